The van der Waals surface area contributed by atoms with Crippen LogP contribution in [-0.2, 0) is 0 Å². The van der Waals surface area contributed by atoms with Gasteiger partial charge in [0.1, 0.15) is 0 Å². The molecule has 3 aromatic carbocycles. The number of nitrogens with zero attached hydrogens (tertiary/aromatic N) is 2. The van der Waals surface area contributed by atoms with Crippen LogP contribution in [0.4, 0.5) is 0 Å². The first kappa shape index (κ1) is 19.4. The van der Waals surface area contributed by atoms with Crippen LogP contribution >= 0.6 is 0 Å². The Hall–Kier alpha value is -2.91. The van der Waals surface area contributed by atoms with Gasteiger partial charge in [0.15, 0.2) is 0 Å². The summed E-state index contributed by atoms with van der Waals surface area (Å²) in [6.45, 7) is 7.40. The van der Waals surface area contributed by atoms with Gasteiger partial charge in [0.05, 0.1) is 6.04 Å². The van der Waals surface area contributed by atoms with Gasteiger partial charge in [-0.3, -0.25) is 9.69 Å². The minimum absolute atomic E-state index is 0.135. The third kappa shape index (κ3) is 4.41. The second kappa shape index (κ2) is 8.62. The van der Waals surface area contributed by atoms with Crippen LogP contribution in [0.5, 0.6) is 0 Å². The van der Waals surface area contributed by atoms with Gasteiger partial charge in [0.2, 0.25) is 0 Å². The molecule has 4 rings (SSSR count). The molecule has 0 aromatic heterocycles. The van der Waals surface area contributed by atoms with Crippen LogP contribution in [0.2, 0.25) is 0 Å². The Kier molecular flexibility index (Phi) is 5.77. The van der Waals surface area contributed by atoms with Gasteiger partial charge in [-0.2, -0.15) is 0 Å². The van der Waals surface area contributed by atoms with E-state index in [0.29, 0.717) is 0 Å². The molecule has 1 amide bonds. The largest absolute Gasteiger partial charge is 0.336 e. The van der Waals surface area contributed by atoms with Crippen molar-refractivity contribution in [3.63, 3.8) is 0 Å². The number of carbonyl (C=O) groups excluding carboxylic acids is 1. The number of rotatable bonds is 4. The van der Waals surface area contributed by atoms with Crippen molar-refractivity contribution < 1.29 is 4.79 Å². The first-order valence-corrected chi connectivity index (χ1v) is 10.3. The minimum Gasteiger partial charge on any atom is -0.336 e. The summed E-state index contributed by atoms with van der Waals surface area (Å²) in [5, 5.41) is 0. The molecule has 1 aliphatic rings. The van der Waals surface area contributed by atoms with E-state index in [2.05, 4.69) is 66.4 Å². The molecular formula is C26H28N2O. The van der Waals surface area contributed by atoms with Crippen molar-refractivity contribution >= 4 is 5.91 Å². The van der Waals surface area contributed by atoms with E-state index in [4.69, 9.17) is 0 Å². The summed E-state index contributed by atoms with van der Waals surface area (Å²) < 4.78 is 0. The zero-order valence-electron chi connectivity index (χ0n) is 17.2. The summed E-state index contributed by atoms with van der Waals surface area (Å²) in [5.41, 5.74) is 5.83. The summed E-state index contributed by atoms with van der Waals surface area (Å²) in [6, 6.07) is 27.6. The fraction of sp³-hybridized carbons (Fsp3) is 0.269. The van der Waals surface area contributed by atoms with E-state index in [1.54, 1.807) is 0 Å². The van der Waals surface area contributed by atoms with Crippen LogP contribution < -0.4 is 0 Å². The lowest BCUT2D eigenvalue weighted by molar-refractivity contribution is 0.0597. The lowest BCUT2D eigenvalue weighted by Crippen LogP contribution is -2.49. The van der Waals surface area contributed by atoms with Gasteiger partial charge in [0, 0.05) is 31.7 Å². The van der Waals surface area contributed by atoms with E-state index in [1.165, 1.54) is 22.3 Å². The number of amides is 1. The molecule has 3 aromatic rings. The highest BCUT2D eigenvalue weighted by molar-refractivity contribution is 5.94. The number of hydrogen-bond acceptors (Lipinski definition) is 2. The average Bonchev–Trinajstić information content (AvgIpc) is 2.77. The summed E-state index contributed by atoms with van der Waals surface area (Å²) in [7, 11) is 0. The highest BCUT2D eigenvalue weighted by Crippen LogP contribution is 2.30. The monoisotopic (exact) mass is 384 g/mol. The van der Waals surface area contributed by atoms with E-state index < -0.39 is 0 Å². The predicted octanol–water partition coefficient (Wildman–Crippen LogP) is 4.85. The summed E-state index contributed by atoms with van der Waals surface area (Å²) in [6.07, 6.45) is 0. The minimum atomic E-state index is 0.135. The Labute approximate surface area is 173 Å². The Balaban J connectivity index is 1.51. The van der Waals surface area contributed by atoms with Crippen molar-refractivity contribution in [3.05, 3.63) is 107 Å². The quantitative estimate of drug-likeness (QED) is 0.642. The third-order valence-corrected chi connectivity index (χ3v) is 5.77. The molecule has 0 spiro atoms. The van der Waals surface area contributed by atoms with E-state index in [0.717, 1.165) is 31.7 Å². The van der Waals surface area contributed by atoms with E-state index in [9.17, 15) is 4.79 Å². The normalized spacial score (nSPS) is 15.9. The number of carbonyl (C=O) groups is 1. The number of aryl methyl sites for hydroxylation is 2. The molecule has 0 aliphatic carbocycles. The van der Waals surface area contributed by atoms with Gasteiger partial charge in [-0.15, -0.1) is 0 Å². The van der Waals surface area contributed by atoms with Gasteiger partial charge in [-0.25, -0.2) is 0 Å². The Morgan fingerprint density at radius 3 is 1.79 bits per heavy atom. The third-order valence-electron chi connectivity index (χ3n) is 5.77. The van der Waals surface area contributed by atoms with Crippen molar-refractivity contribution in [2.45, 2.75) is 19.9 Å². The van der Waals surface area contributed by atoms with Crippen molar-refractivity contribution in [1.82, 2.24) is 9.80 Å². The molecular weight excluding hydrogens is 356 g/mol. The van der Waals surface area contributed by atoms with Gasteiger partial charge in [-0.05, 0) is 37.1 Å². The molecule has 148 valence electrons. The van der Waals surface area contributed by atoms with Crippen molar-refractivity contribution in [2.24, 2.45) is 0 Å². The fourth-order valence-electron chi connectivity index (χ4n) is 4.06. The van der Waals surface area contributed by atoms with Crippen LogP contribution in [0.25, 0.3) is 0 Å². The number of hydrogen-bond donors (Lipinski definition) is 0. The number of benzene rings is 3. The maximum atomic E-state index is 12.9. The van der Waals surface area contributed by atoms with E-state index in [-0.39, 0.29) is 11.9 Å². The topological polar surface area (TPSA) is 23.6 Å². The van der Waals surface area contributed by atoms with Crippen LogP contribution in [0.3, 0.4) is 0 Å². The van der Waals surface area contributed by atoms with Crippen molar-refractivity contribution in [2.75, 3.05) is 26.2 Å². The molecule has 3 heteroatoms. The smallest absolute Gasteiger partial charge is 0.253 e. The summed E-state index contributed by atoms with van der Waals surface area (Å²) >= 11 is 0. The van der Waals surface area contributed by atoms with Crippen LogP contribution in [0.15, 0.2) is 78.9 Å². The molecule has 1 atom stereocenters. The summed E-state index contributed by atoms with van der Waals surface area (Å²) in [5.74, 6) is 0.135. The van der Waals surface area contributed by atoms with Crippen molar-refractivity contribution in [1.29, 1.82) is 0 Å². The van der Waals surface area contributed by atoms with E-state index >= 15 is 0 Å². The fourth-order valence-corrected chi connectivity index (χ4v) is 4.06. The maximum Gasteiger partial charge on any atom is 0.253 e. The average molecular weight is 385 g/mol. The molecule has 0 saturated carbocycles. The van der Waals surface area contributed by atoms with Gasteiger partial charge >= 0.3 is 0 Å². The second-order valence-electron chi connectivity index (χ2n) is 7.92. The van der Waals surface area contributed by atoms with Gasteiger partial charge in [0.25, 0.3) is 5.91 Å². The molecule has 1 aliphatic heterocycles. The lowest BCUT2D eigenvalue weighted by Gasteiger charge is -2.40. The zero-order chi connectivity index (χ0) is 20.2. The SMILES string of the molecule is Cc1ccc(C(=O)N2CCN([C@@H](c3ccccc3)c3ccc(C)cc3)CC2)cc1. The van der Waals surface area contributed by atoms with Crippen LogP contribution in [0.1, 0.15) is 38.7 Å². The highest BCUT2D eigenvalue weighted by atomic mass is 16.2. The highest BCUT2D eigenvalue weighted by Gasteiger charge is 2.28. The lowest BCUT2D eigenvalue weighted by atomic mass is 9.95. The van der Waals surface area contributed by atoms with E-state index in [1.807, 2.05) is 36.1 Å². The first-order valence-electron chi connectivity index (χ1n) is 10.3. The predicted molar refractivity (Wildman–Crippen MR) is 118 cm³/mol. The Morgan fingerprint density at radius 2 is 1.21 bits per heavy atom. The van der Waals surface area contributed by atoms with Gasteiger partial charge in [-0.1, -0.05) is 77.9 Å². The molecule has 0 radical (unpaired) electrons. The molecule has 1 fully saturated rings. The molecule has 1 saturated heterocycles. The maximum absolute atomic E-state index is 12.9. The molecule has 0 bridgehead atoms. The molecule has 3 nitrogen and oxygen atoms in total. The Morgan fingerprint density at radius 1 is 0.690 bits per heavy atom. The summed E-state index contributed by atoms with van der Waals surface area (Å²) in [4.78, 5) is 17.4. The zero-order valence-corrected chi connectivity index (χ0v) is 17.2. The molecule has 0 N–H and O–H groups in total. The standard InChI is InChI=1S/C26H28N2O/c1-20-8-12-23(13-9-20)25(22-6-4-3-5-7-22)27-16-18-28(19-17-27)26(29)24-14-10-21(2)11-15-24/h3-15,25H,16-19H2,1-2H3/t25-/m0/s1. The molecule has 0 unspecified atom stereocenters. The van der Waals surface area contributed by atoms with Crippen LogP contribution in [0, 0.1) is 13.8 Å². The molecule has 1 heterocycles. The van der Waals surface area contributed by atoms with Crippen LogP contribution in [-0.4, -0.2) is 41.9 Å². The van der Waals surface area contributed by atoms with Gasteiger partial charge < -0.3 is 4.90 Å². The van der Waals surface area contributed by atoms with Crippen molar-refractivity contribution in [3.8, 4) is 0 Å². The number of piperazine rings is 1. The molecule has 29 heavy (non-hydrogen) atoms. The second-order valence-corrected chi connectivity index (χ2v) is 7.92. The first-order chi connectivity index (χ1) is 14.1. The Bertz CT molecular complexity index is 940.